The zero-order valence-electron chi connectivity index (χ0n) is 12.7. The first kappa shape index (κ1) is 15.5. The van der Waals surface area contributed by atoms with Gasteiger partial charge >= 0.3 is 5.97 Å². The van der Waals surface area contributed by atoms with Crippen LogP contribution in [0.15, 0.2) is 54.6 Å². The van der Waals surface area contributed by atoms with Gasteiger partial charge in [-0.1, -0.05) is 6.07 Å². The molecule has 6 heteroatoms. The molecule has 0 spiro atoms. The van der Waals surface area contributed by atoms with E-state index in [1.807, 2.05) is 18.2 Å². The van der Waals surface area contributed by atoms with Gasteiger partial charge in [0.15, 0.2) is 0 Å². The summed E-state index contributed by atoms with van der Waals surface area (Å²) in [5.74, 6) is -1.23. The molecule has 0 saturated heterocycles. The van der Waals surface area contributed by atoms with Gasteiger partial charge in [-0.3, -0.25) is 9.78 Å². The number of aromatic carboxylic acids is 1. The van der Waals surface area contributed by atoms with Gasteiger partial charge < -0.3 is 16.2 Å². The number of nitrogens with zero attached hydrogens (tertiary/aromatic N) is 1. The summed E-state index contributed by atoms with van der Waals surface area (Å²) < 4.78 is 0. The molecule has 0 saturated carbocycles. The Morgan fingerprint density at radius 1 is 1.04 bits per heavy atom. The van der Waals surface area contributed by atoms with Crippen LogP contribution in [0.25, 0.3) is 10.9 Å². The lowest BCUT2D eigenvalue weighted by atomic mass is 10.1. The van der Waals surface area contributed by atoms with Crippen LogP contribution in [0.4, 0.5) is 11.4 Å². The number of aromatic nitrogens is 1. The summed E-state index contributed by atoms with van der Waals surface area (Å²) in [4.78, 5) is 27.3. The number of nitrogen functional groups attached to an aromatic ring is 1. The lowest BCUT2D eigenvalue weighted by molar-refractivity contribution is -0.115. The van der Waals surface area contributed by atoms with Crippen molar-refractivity contribution in [1.29, 1.82) is 0 Å². The number of pyridine rings is 1. The minimum atomic E-state index is -1.01. The molecule has 6 nitrogen and oxygen atoms in total. The third kappa shape index (κ3) is 3.49. The number of hydrogen-bond acceptors (Lipinski definition) is 4. The van der Waals surface area contributed by atoms with Gasteiger partial charge in [-0.05, 0) is 48.5 Å². The fraction of sp³-hybridized carbons (Fsp3) is 0.0556. The zero-order valence-corrected chi connectivity index (χ0v) is 12.7. The predicted molar refractivity (Wildman–Crippen MR) is 91.9 cm³/mol. The van der Waals surface area contributed by atoms with Crippen LogP contribution in [-0.2, 0) is 11.2 Å². The number of nitrogens with one attached hydrogen (secondary N) is 1. The molecule has 4 N–H and O–H groups in total. The van der Waals surface area contributed by atoms with E-state index in [1.165, 1.54) is 12.1 Å². The second-order valence-electron chi connectivity index (χ2n) is 5.36. The van der Waals surface area contributed by atoms with E-state index < -0.39 is 5.97 Å². The minimum absolute atomic E-state index is 0.126. The Bertz CT molecular complexity index is 920. The molecule has 3 aromatic rings. The zero-order chi connectivity index (χ0) is 17.1. The van der Waals surface area contributed by atoms with E-state index >= 15 is 0 Å². The number of carboxylic acids is 1. The van der Waals surface area contributed by atoms with Crippen molar-refractivity contribution in [2.24, 2.45) is 0 Å². The van der Waals surface area contributed by atoms with Gasteiger partial charge in [-0.25, -0.2) is 4.79 Å². The van der Waals surface area contributed by atoms with Crippen molar-refractivity contribution in [3.63, 3.8) is 0 Å². The van der Waals surface area contributed by atoms with Crippen LogP contribution < -0.4 is 11.1 Å². The Balaban J connectivity index is 1.70. The second kappa shape index (κ2) is 6.37. The molecule has 1 amide bonds. The molecule has 1 heterocycles. The highest BCUT2D eigenvalue weighted by Gasteiger charge is 2.08. The normalized spacial score (nSPS) is 10.5. The standard InChI is InChI=1S/C18H15N3O3/c19-13-4-8-16-12(9-13)3-7-15(20-16)10-17(22)21-14-5-1-11(2-6-14)18(23)24/h1-9H,10,19H2,(H,21,22)(H,23,24). The summed E-state index contributed by atoms with van der Waals surface area (Å²) >= 11 is 0. The summed E-state index contributed by atoms with van der Waals surface area (Å²) in [5.41, 5.74) is 8.53. The van der Waals surface area contributed by atoms with Crippen molar-refractivity contribution in [2.75, 3.05) is 11.1 Å². The molecule has 0 aliphatic rings. The Kier molecular flexibility index (Phi) is 4.11. The quantitative estimate of drug-likeness (QED) is 0.641. The number of hydrogen-bond donors (Lipinski definition) is 3. The SMILES string of the molecule is Nc1ccc2nc(CC(=O)Nc3ccc(C(=O)O)cc3)ccc2c1. The number of rotatable bonds is 4. The average molecular weight is 321 g/mol. The molecule has 0 fully saturated rings. The lowest BCUT2D eigenvalue weighted by Gasteiger charge is -2.06. The van der Waals surface area contributed by atoms with E-state index in [9.17, 15) is 9.59 Å². The molecule has 0 aliphatic heterocycles. The third-order valence-corrected chi connectivity index (χ3v) is 3.53. The van der Waals surface area contributed by atoms with Gasteiger partial charge in [0.2, 0.25) is 5.91 Å². The van der Waals surface area contributed by atoms with E-state index in [4.69, 9.17) is 10.8 Å². The summed E-state index contributed by atoms with van der Waals surface area (Å²) in [5, 5.41) is 12.5. The fourth-order valence-electron chi connectivity index (χ4n) is 2.35. The first-order chi connectivity index (χ1) is 11.5. The number of carbonyl (C=O) groups excluding carboxylic acids is 1. The molecule has 120 valence electrons. The van der Waals surface area contributed by atoms with Gasteiger partial charge in [-0.2, -0.15) is 0 Å². The average Bonchev–Trinajstić information content (AvgIpc) is 2.55. The second-order valence-corrected chi connectivity index (χ2v) is 5.36. The number of anilines is 2. The van der Waals surface area contributed by atoms with E-state index in [1.54, 1.807) is 24.3 Å². The molecule has 0 radical (unpaired) electrons. The van der Waals surface area contributed by atoms with Crippen molar-refractivity contribution >= 4 is 34.2 Å². The molecule has 0 atom stereocenters. The van der Waals surface area contributed by atoms with Gasteiger partial charge in [-0.15, -0.1) is 0 Å². The van der Waals surface area contributed by atoms with Crippen LogP contribution >= 0.6 is 0 Å². The highest BCUT2D eigenvalue weighted by atomic mass is 16.4. The molecule has 0 aliphatic carbocycles. The van der Waals surface area contributed by atoms with Crippen molar-refractivity contribution < 1.29 is 14.7 Å². The summed E-state index contributed by atoms with van der Waals surface area (Å²) in [7, 11) is 0. The Labute approximate surface area is 137 Å². The molecule has 1 aromatic heterocycles. The predicted octanol–water partition coefficient (Wildman–Crippen LogP) is 2.70. The summed E-state index contributed by atoms with van der Waals surface area (Å²) in [6, 6.07) is 15.1. The molecule has 3 rings (SSSR count). The maximum absolute atomic E-state index is 12.1. The number of fused-ring (bicyclic) bond motifs is 1. The summed E-state index contributed by atoms with van der Waals surface area (Å²) in [6.45, 7) is 0. The fourth-order valence-corrected chi connectivity index (χ4v) is 2.35. The maximum Gasteiger partial charge on any atom is 0.335 e. The number of carbonyl (C=O) groups is 2. The summed E-state index contributed by atoms with van der Waals surface area (Å²) in [6.07, 6.45) is 0.126. The minimum Gasteiger partial charge on any atom is -0.478 e. The van der Waals surface area contributed by atoms with Crippen LogP contribution in [-0.4, -0.2) is 22.0 Å². The first-order valence-electron chi connectivity index (χ1n) is 7.29. The topological polar surface area (TPSA) is 105 Å². The highest BCUT2D eigenvalue weighted by molar-refractivity contribution is 5.93. The Morgan fingerprint density at radius 2 is 1.79 bits per heavy atom. The smallest absolute Gasteiger partial charge is 0.335 e. The van der Waals surface area contributed by atoms with Crippen molar-refractivity contribution in [1.82, 2.24) is 4.98 Å². The molecule has 0 unspecified atom stereocenters. The van der Waals surface area contributed by atoms with E-state index in [0.29, 0.717) is 17.1 Å². The van der Waals surface area contributed by atoms with Crippen LogP contribution in [0.2, 0.25) is 0 Å². The molecular formula is C18H15N3O3. The highest BCUT2D eigenvalue weighted by Crippen LogP contribution is 2.16. The number of carboxylic acid groups (broad SMARTS) is 1. The van der Waals surface area contributed by atoms with Gasteiger partial charge in [0, 0.05) is 16.8 Å². The van der Waals surface area contributed by atoms with Crippen molar-refractivity contribution in [2.45, 2.75) is 6.42 Å². The molecule has 24 heavy (non-hydrogen) atoms. The largest absolute Gasteiger partial charge is 0.478 e. The van der Waals surface area contributed by atoms with Gasteiger partial charge in [0.05, 0.1) is 23.2 Å². The van der Waals surface area contributed by atoms with Crippen molar-refractivity contribution in [3.05, 3.63) is 65.9 Å². The Morgan fingerprint density at radius 3 is 2.50 bits per heavy atom. The van der Waals surface area contributed by atoms with Crippen LogP contribution in [0.5, 0.6) is 0 Å². The number of benzene rings is 2. The van der Waals surface area contributed by atoms with E-state index in [0.717, 1.165) is 10.9 Å². The van der Waals surface area contributed by atoms with Crippen LogP contribution in [0.3, 0.4) is 0 Å². The van der Waals surface area contributed by atoms with Gasteiger partial charge in [0.1, 0.15) is 0 Å². The molecular weight excluding hydrogens is 306 g/mol. The van der Waals surface area contributed by atoms with Crippen LogP contribution in [0.1, 0.15) is 16.1 Å². The van der Waals surface area contributed by atoms with Crippen LogP contribution in [0, 0.1) is 0 Å². The maximum atomic E-state index is 12.1. The van der Waals surface area contributed by atoms with Gasteiger partial charge in [0.25, 0.3) is 0 Å². The lowest BCUT2D eigenvalue weighted by Crippen LogP contribution is -2.15. The number of nitrogens with two attached hydrogens (primary N) is 1. The van der Waals surface area contributed by atoms with Crippen molar-refractivity contribution in [3.8, 4) is 0 Å². The molecule has 0 bridgehead atoms. The third-order valence-electron chi connectivity index (χ3n) is 3.53. The first-order valence-corrected chi connectivity index (χ1v) is 7.29. The number of amides is 1. The van der Waals surface area contributed by atoms with E-state index in [-0.39, 0.29) is 17.9 Å². The molecule has 2 aromatic carbocycles. The monoisotopic (exact) mass is 321 g/mol. The Hall–Kier alpha value is -3.41. The van der Waals surface area contributed by atoms with E-state index in [2.05, 4.69) is 10.3 Å².